The highest BCUT2D eigenvalue weighted by Gasteiger charge is 2.17. The maximum absolute atomic E-state index is 5.73. The molecule has 21 heavy (non-hydrogen) atoms. The molecule has 1 aromatic carbocycles. The molecule has 2 N–H and O–H groups in total. The Labute approximate surface area is 124 Å². The van der Waals surface area contributed by atoms with Gasteiger partial charge in [-0.3, -0.25) is 0 Å². The van der Waals surface area contributed by atoms with Crippen LogP contribution in [0.25, 0.3) is 11.3 Å². The van der Waals surface area contributed by atoms with Crippen LogP contribution in [0.2, 0.25) is 0 Å². The van der Waals surface area contributed by atoms with Gasteiger partial charge < -0.3 is 15.0 Å². The van der Waals surface area contributed by atoms with E-state index in [1.165, 1.54) is 0 Å². The van der Waals surface area contributed by atoms with Gasteiger partial charge >= 0.3 is 0 Å². The topological polar surface area (TPSA) is 66.1 Å². The van der Waals surface area contributed by atoms with Gasteiger partial charge in [-0.2, -0.15) is 15.4 Å². The van der Waals surface area contributed by atoms with Gasteiger partial charge in [-0.15, -0.1) is 0 Å². The van der Waals surface area contributed by atoms with Crippen LogP contribution in [-0.2, 0) is 11.3 Å². The second-order valence-electron chi connectivity index (χ2n) is 5.37. The fraction of sp³-hybridized carbons (Fsp3) is 0.467. The quantitative estimate of drug-likeness (QED) is 0.855. The summed E-state index contributed by atoms with van der Waals surface area (Å²) in [6.07, 6.45) is 0.246. The van der Waals surface area contributed by atoms with E-state index < -0.39 is 0 Å². The SMILES string of the molecule is CN1CCOC(CNCc2n[nH]nc2-c2ccccc2)C1. The monoisotopic (exact) mass is 287 g/mol. The summed E-state index contributed by atoms with van der Waals surface area (Å²) >= 11 is 0. The number of morpholine rings is 1. The van der Waals surface area contributed by atoms with Crippen molar-refractivity contribution in [2.24, 2.45) is 0 Å². The molecule has 1 unspecified atom stereocenters. The summed E-state index contributed by atoms with van der Waals surface area (Å²) < 4.78 is 5.73. The fourth-order valence-electron chi connectivity index (χ4n) is 2.55. The molecule has 0 radical (unpaired) electrons. The summed E-state index contributed by atoms with van der Waals surface area (Å²) in [5, 5.41) is 14.6. The maximum Gasteiger partial charge on any atom is 0.117 e. The van der Waals surface area contributed by atoms with Crippen molar-refractivity contribution in [3.63, 3.8) is 0 Å². The molecule has 0 spiro atoms. The number of nitrogens with zero attached hydrogens (tertiary/aromatic N) is 3. The zero-order valence-corrected chi connectivity index (χ0v) is 12.2. The van der Waals surface area contributed by atoms with E-state index >= 15 is 0 Å². The lowest BCUT2D eigenvalue weighted by Gasteiger charge is -2.30. The Kier molecular flexibility index (Phi) is 4.59. The molecule has 1 fully saturated rings. The predicted molar refractivity (Wildman–Crippen MR) is 80.8 cm³/mol. The van der Waals surface area contributed by atoms with Crippen molar-refractivity contribution < 1.29 is 4.74 Å². The van der Waals surface area contributed by atoms with Gasteiger partial charge in [0.1, 0.15) is 11.4 Å². The predicted octanol–water partition coefficient (Wildman–Crippen LogP) is 0.892. The van der Waals surface area contributed by atoms with Crippen molar-refractivity contribution in [2.45, 2.75) is 12.6 Å². The first-order chi connectivity index (χ1) is 10.3. The standard InChI is InChI=1S/C15H21N5O/c1-20-7-8-21-13(11-20)9-16-10-14-15(18-19-17-14)12-5-3-2-4-6-12/h2-6,13,16H,7-11H2,1H3,(H,17,18,19). The molecular weight excluding hydrogens is 266 g/mol. The number of aromatic amines is 1. The van der Waals surface area contributed by atoms with E-state index in [-0.39, 0.29) is 6.10 Å². The Hall–Kier alpha value is -1.76. The smallest absolute Gasteiger partial charge is 0.117 e. The lowest BCUT2D eigenvalue weighted by atomic mass is 10.1. The van der Waals surface area contributed by atoms with Crippen LogP contribution in [0.5, 0.6) is 0 Å². The second-order valence-corrected chi connectivity index (χ2v) is 5.37. The Balaban J connectivity index is 1.55. The third-order valence-electron chi connectivity index (χ3n) is 3.67. The summed E-state index contributed by atoms with van der Waals surface area (Å²) in [6, 6.07) is 10.1. The van der Waals surface area contributed by atoms with Crippen molar-refractivity contribution >= 4 is 0 Å². The van der Waals surface area contributed by atoms with E-state index in [0.717, 1.165) is 43.2 Å². The van der Waals surface area contributed by atoms with Gasteiger partial charge in [-0.1, -0.05) is 30.3 Å². The summed E-state index contributed by atoms with van der Waals surface area (Å²) in [5.74, 6) is 0. The lowest BCUT2D eigenvalue weighted by molar-refractivity contribution is -0.0182. The summed E-state index contributed by atoms with van der Waals surface area (Å²) in [6.45, 7) is 4.30. The minimum atomic E-state index is 0.246. The molecule has 1 atom stereocenters. The van der Waals surface area contributed by atoms with Crippen molar-refractivity contribution in [3.05, 3.63) is 36.0 Å². The Bertz CT molecular complexity index is 556. The molecule has 2 aromatic rings. The summed E-state index contributed by atoms with van der Waals surface area (Å²) in [4.78, 5) is 2.29. The number of nitrogens with one attached hydrogen (secondary N) is 2. The first kappa shape index (κ1) is 14.2. The summed E-state index contributed by atoms with van der Waals surface area (Å²) in [7, 11) is 2.13. The molecule has 6 nitrogen and oxygen atoms in total. The Morgan fingerprint density at radius 1 is 1.33 bits per heavy atom. The molecule has 2 heterocycles. The highest BCUT2D eigenvalue weighted by molar-refractivity contribution is 5.60. The molecule has 3 rings (SSSR count). The van der Waals surface area contributed by atoms with Crippen LogP contribution >= 0.6 is 0 Å². The molecule has 6 heteroatoms. The van der Waals surface area contributed by atoms with E-state index in [9.17, 15) is 0 Å². The van der Waals surface area contributed by atoms with Gasteiger partial charge in [-0.25, -0.2) is 0 Å². The first-order valence-electron chi connectivity index (χ1n) is 7.29. The molecule has 1 aromatic heterocycles. The molecule has 0 bridgehead atoms. The van der Waals surface area contributed by atoms with Gasteiger partial charge in [0.05, 0.1) is 12.7 Å². The van der Waals surface area contributed by atoms with Crippen molar-refractivity contribution in [2.75, 3.05) is 33.3 Å². The third-order valence-corrected chi connectivity index (χ3v) is 3.67. The normalized spacial score (nSPS) is 19.8. The van der Waals surface area contributed by atoms with E-state index in [4.69, 9.17) is 4.74 Å². The first-order valence-corrected chi connectivity index (χ1v) is 7.29. The van der Waals surface area contributed by atoms with Crippen LogP contribution in [-0.4, -0.2) is 59.7 Å². The van der Waals surface area contributed by atoms with Crippen LogP contribution in [0.4, 0.5) is 0 Å². The van der Waals surface area contributed by atoms with E-state index in [1.54, 1.807) is 0 Å². The highest BCUT2D eigenvalue weighted by atomic mass is 16.5. The number of aromatic nitrogens is 3. The second kappa shape index (κ2) is 6.80. The molecule has 1 saturated heterocycles. The highest BCUT2D eigenvalue weighted by Crippen LogP contribution is 2.18. The minimum Gasteiger partial charge on any atom is -0.374 e. The zero-order chi connectivity index (χ0) is 14.5. The minimum absolute atomic E-state index is 0.246. The van der Waals surface area contributed by atoms with Crippen LogP contribution in [0.15, 0.2) is 30.3 Å². The van der Waals surface area contributed by atoms with Crippen molar-refractivity contribution in [3.8, 4) is 11.3 Å². The van der Waals surface area contributed by atoms with Gasteiger partial charge in [0.15, 0.2) is 0 Å². The molecule has 1 aliphatic heterocycles. The number of benzene rings is 1. The molecular formula is C15H21N5O. The van der Waals surface area contributed by atoms with Crippen LogP contribution in [0, 0.1) is 0 Å². The van der Waals surface area contributed by atoms with Crippen molar-refractivity contribution in [1.29, 1.82) is 0 Å². The van der Waals surface area contributed by atoms with Crippen LogP contribution < -0.4 is 5.32 Å². The van der Waals surface area contributed by atoms with Gasteiger partial charge in [-0.05, 0) is 7.05 Å². The number of hydrogen-bond donors (Lipinski definition) is 2. The summed E-state index contributed by atoms with van der Waals surface area (Å²) in [5.41, 5.74) is 2.92. The van der Waals surface area contributed by atoms with Crippen LogP contribution in [0.3, 0.4) is 0 Å². The number of ether oxygens (including phenoxy) is 1. The molecule has 0 amide bonds. The largest absolute Gasteiger partial charge is 0.374 e. The van der Waals surface area contributed by atoms with Crippen LogP contribution in [0.1, 0.15) is 5.69 Å². The lowest BCUT2D eigenvalue weighted by Crippen LogP contribution is -2.44. The van der Waals surface area contributed by atoms with Gasteiger partial charge in [0.2, 0.25) is 0 Å². The Morgan fingerprint density at radius 3 is 3.00 bits per heavy atom. The van der Waals surface area contributed by atoms with Gasteiger partial charge in [0.25, 0.3) is 0 Å². The number of rotatable bonds is 5. The molecule has 0 saturated carbocycles. The number of H-pyrrole nitrogens is 1. The third kappa shape index (κ3) is 3.66. The molecule has 112 valence electrons. The molecule has 0 aliphatic carbocycles. The van der Waals surface area contributed by atoms with E-state index in [1.807, 2.05) is 30.3 Å². The fourth-order valence-corrected chi connectivity index (χ4v) is 2.55. The maximum atomic E-state index is 5.73. The van der Waals surface area contributed by atoms with E-state index in [2.05, 4.69) is 32.7 Å². The average molecular weight is 287 g/mol. The number of hydrogen-bond acceptors (Lipinski definition) is 5. The number of likely N-dealkylation sites (N-methyl/N-ethyl adjacent to an activating group) is 1. The molecule has 1 aliphatic rings. The van der Waals surface area contributed by atoms with E-state index in [0.29, 0.717) is 6.54 Å². The van der Waals surface area contributed by atoms with Crippen molar-refractivity contribution in [1.82, 2.24) is 25.6 Å². The van der Waals surface area contributed by atoms with Gasteiger partial charge in [0, 0.05) is 31.7 Å². The average Bonchev–Trinajstić information content (AvgIpc) is 2.97. The zero-order valence-electron chi connectivity index (χ0n) is 12.2. The Morgan fingerprint density at radius 2 is 2.19 bits per heavy atom.